The fourth-order valence-electron chi connectivity index (χ4n) is 1.79. The molecule has 0 unspecified atom stereocenters. The standard InChI is InChI=1S/C10H16O2.C8H10O4/c1-8(2)10(11)12-9-6-4-3-5-7-9;1-5(2)7(9)12-6(3)8(10)11-4/h9H,1,3-7H2,2H3;1,3H2,2,4H3. The average Bonchev–Trinajstić information content (AvgIpc) is 2.55. The van der Waals surface area contributed by atoms with Gasteiger partial charge in [0.25, 0.3) is 0 Å². The summed E-state index contributed by atoms with van der Waals surface area (Å²) in [5.74, 6) is -2.04. The van der Waals surface area contributed by atoms with Crippen LogP contribution in [-0.2, 0) is 28.6 Å². The Hall–Kier alpha value is -2.37. The molecule has 0 atom stereocenters. The van der Waals surface area contributed by atoms with Gasteiger partial charge in [-0.25, -0.2) is 14.4 Å². The van der Waals surface area contributed by atoms with E-state index < -0.39 is 11.9 Å². The van der Waals surface area contributed by atoms with E-state index in [4.69, 9.17) is 4.74 Å². The Morgan fingerprint density at radius 1 is 0.833 bits per heavy atom. The number of rotatable bonds is 5. The minimum Gasteiger partial charge on any atom is -0.463 e. The summed E-state index contributed by atoms with van der Waals surface area (Å²) in [6.45, 7) is 13.2. The van der Waals surface area contributed by atoms with Crippen molar-refractivity contribution in [2.75, 3.05) is 7.11 Å². The maximum atomic E-state index is 11.1. The van der Waals surface area contributed by atoms with Crippen molar-refractivity contribution in [1.82, 2.24) is 0 Å². The van der Waals surface area contributed by atoms with Gasteiger partial charge in [0, 0.05) is 11.1 Å². The minimum absolute atomic E-state index is 0.156. The highest BCUT2D eigenvalue weighted by molar-refractivity contribution is 5.93. The van der Waals surface area contributed by atoms with Crippen LogP contribution in [0.4, 0.5) is 0 Å². The zero-order valence-corrected chi connectivity index (χ0v) is 14.7. The molecule has 1 fully saturated rings. The van der Waals surface area contributed by atoms with Gasteiger partial charge < -0.3 is 14.2 Å². The number of carbonyl (C=O) groups is 3. The number of hydrogen-bond acceptors (Lipinski definition) is 6. The van der Waals surface area contributed by atoms with Gasteiger partial charge in [0.2, 0.25) is 5.76 Å². The van der Waals surface area contributed by atoms with Gasteiger partial charge in [0.1, 0.15) is 6.10 Å². The van der Waals surface area contributed by atoms with Crippen LogP contribution >= 0.6 is 0 Å². The van der Waals surface area contributed by atoms with Crippen molar-refractivity contribution < 1.29 is 28.6 Å². The van der Waals surface area contributed by atoms with Crippen molar-refractivity contribution >= 4 is 17.9 Å². The Kier molecular flexibility index (Phi) is 10.1. The van der Waals surface area contributed by atoms with Gasteiger partial charge in [0.05, 0.1) is 7.11 Å². The molecule has 134 valence electrons. The third-order valence-electron chi connectivity index (χ3n) is 3.15. The van der Waals surface area contributed by atoms with E-state index in [0.29, 0.717) is 5.57 Å². The van der Waals surface area contributed by atoms with E-state index in [1.54, 1.807) is 6.92 Å². The summed E-state index contributed by atoms with van der Waals surface area (Å²) >= 11 is 0. The van der Waals surface area contributed by atoms with Gasteiger partial charge in [-0.2, -0.15) is 0 Å². The van der Waals surface area contributed by atoms with Crippen LogP contribution in [0, 0.1) is 0 Å². The molecule has 0 amide bonds. The molecule has 0 aliphatic heterocycles. The summed E-state index contributed by atoms with van der Waals surface area (Å²) in [5.41, 5.74) is 0.695. The first-order chi connectivity index (χ1) is 11.2. The average molecular weight is 338 g/mol. The molecule has 0 aromatic rings. The molecular formula is C18H26O6. The Morgan fingerprint density at radius 2 is 1.33 bits per heavy atom. The second-order valence-electron chi connectivity index (χ2n) is 5.53. The van der Waals surface area contributed by atoms with E-state index in [2.05, 4.69) is 29.2 Å². The van der Waals surface area contributed by atoms with E-state index in [0.717, 1.165) is 12.8 Å². The van der Waals surface area contributed by atoms with Crippen molar-refractivity contribution in [3.8, 4) is 0 Å². The van der Waals surface area contributed by atoms with Crippen LogP contribution in [0.5, 0.6) is 0 Å². The number of esters is 3. The summed E-state index contributed by atoms with van der Waals surface area (Å²) in [4.78, 5) is 32.5. The Labute approximate surface area is 143 Å². The summed E-state index contributed by atoms with van der Waals surface area (Å²) < 4.78 is 13.9. The molecule has 6 nitrogen and oxygen atoms in total. The van der Waals surface area contributed by atoms with Gasteiger partial charge >= 0.3 is 17.9 Å². The summed E-state index contributed by atoms with van der Waals surface area (Å²) in [6, 6.07) is 0. The normalized spacial score (nSPS) is 13.6. The summed E-state index contributed by atoms with van der Waals surface area (Å²) in [5, 5.41) is 0. The maximum Gasteiger partial charge on any atom is 0.373 e. The first-order valence-electron chi connectivity index (χ1n) is 7.70. The van der Waals surface area contributed by atoms with Crippen molar-refractivity contribution in [3.63, 3.8) is 0 Å². The van der Waals surface area contributed by atoms with Crippen LogP contribution in [0.2, 0.25) is 0 Å². The molecule has 0 bridgehead atoms. The molecule has 6 heteroatoms. The SMILES string of the molecule is C=C(C)C(=O)OC(=C)C(=O)OC.C=C(C)C(=O)OC1CCCCC1. The van der Waals surface area contributed by atoms with E-state index in [-0.39, 0.29) is 23.4 Å². The van der Waals surface area contributed by atoms with Crippen molar-refractivity contribution in [2.45, 2.75) is 52.1 Å². The molecule has 1 aliphatic rings. The second kappa shape index (κ2) is 11.2. The Balaban J connectivity index is 0.000000441. The largest absolute Gasteiger partial charge is 0.463 e. The third kappa shape index (κ3) is 8.92. The minimum atomic E-state index is -0.774. The molecule has 0 heterocycles. The van der Waals surface area contributed by atoms with Gasteiger partial charge in [-0.15, -0.1) is 0 Å². The molecule has 1 saturated carbocycles. The molecule has 0 saturated heterocycles. The topological polar surface area (TPSA) is 78.9 Å². The lowest BCUT2D eigenvalue weighted by Crippen LogP contribution is -2.20. The first-order valence-corrected chi connectivity index (χ1v) is 7.70. The monoisotopic (exact) mass is 338 g/mol. The van der Waals surface area contributed by atoms with Crippen LogP contribution in [0.25, 0.3) is 0 Å². The number of methoxy groups -OCH3 is 1. The number of carbonyl (C=O) groups excluding carboxylic acids is 3. The smallest absolute Gasteiger partial charge is 0.373 e. The highest BCUT2D eigenvalue weighted by Gasteiger charge is 2.17. The molecule has 0 aromatic heterocycles. The van der Waals surface area contributed by atoms with E-state index in [9.17, 15) is 14.4 Å². The Morgan fingerprint density at radius 3 is 1.75 bits per heavy atom. The zero-order chi connectivity index (χ0) is 18.7. The quantitative estimate of drug-likeness (QED) is 0.331. The lowest BCUT2D eigenvalue weighted by atomic mass is 9.98. The van der Waals surface area contributed by atoms with Crippen molar-refractivity contribution in [3.05, 3.63) is 36.6 Å². The fraction of sp³-hybridized carbons (Fsp3) is 0.500. The Bertz CT molecular complexity index is 512. The lowest BCUT2D eigenvalue weighted by Gasteiger charge is -2.21. The summed E-state index contributed by atoms with van der Waals surface area (Å²) in [6.07, 6.45) is 5.87. The van der Waals surface area contributed by atoms with Crippen molar-refractivity contribution in [2.24, 2.45) is 0 Å². The van der Waals surface area contributed by atoms with E-state index >= 15 is 0 Å². The van der Waals surface area contributed by atoms with Crippen LogP contribution in [-0.4, -0.2) is 31.1 Å². The summed E-state index contributed by atoms with van der Waals surface area (Å²) in [7, 11) is 1.17. The second-order valence-corrected chi connectivity index (χ2v) is 5.53. The van der Waals surface area contributed by atoms with Gasteiger partial charge in [-0.1, -0.05) is 19.6 Å². The third-order valence-corrected chi connectivity index (χ3v) is 3.15. The highest BCUT2D eigenvalue weighted by atomic mass is 16.6. The van der Waals surface area contributed by atoms with Crippen LogP contribution in [0.15, 0.2) is 36.6 Å². The van der Waals surface area contributed by atoms with E-state index in [1.165, 1.54) is 33.3 Å². The van der Waals surface area contributed by atoms with Crippen molar-refractivity contribution in [1.29, 1.82) is 0 Å². The predicted octanol–water partition coefficient (Wildman–Crippen LogP) is 3.23. The van der Waals surface area contributed by atoms with Gasteiger partial charge in [-0.3, -0.25) is 0 Å². The molecule has 0 aromatic carbocycles. The highest BCUT2D eigenvalue weighted by Crippen LogP contribution is 2.20. The van der Waals surface area contributed by atoms with Crippen LogP contribution in [0.1, 0.15) is 46.0 Å². The number of ether oxygens (including phenoxy) is 3. The molecule has 1 rings (SSSR count). The number of hydrogen-bond donors (Lipinski definition) is 0. The first kappa shape index (κ1) is 21.6. The van der Waals surface area contributed by atoms with Crippen LogP contribution < -0.4 is 0 Å². The zero-order valence-electron chi connectivity index (χ0n) is 14.7. The molecule has 0 N–H and O–H groups in total. The molecule has 24 heavy (non-hydrogen) atoms. The predicted molar refractivity (Wildman–Crippen MR) is 89.8 cm³/mol. The maximum absolute atomic E-state index is 11.1. The van der Waals surface area contributed by atoms with E-state index in [1.807, 2.05) is 0 Å². The van der Waals surface area contributed by atoms with Gasteiger partial charge in [0.15, 0.2) is 0 Å². The lowest BCUT2D eigenvalue weighted by molar-refractivity contribution is -0.147. The van der Waals surface area contributed by atoms with Gasteiger partial charge in [-0.05, 0) is 46.1 Å². The molecule has 1 aliphatic carbocycles. The molecular weight excluding hydrogens is 312 g/mol. The van der Waals surface area contributed by atoms with Crippen LogP contribution in [0.3, 0.4) is 0 Å². The molecule has 0 radical (unpaired) electrons. The fourth-order valence-corrected chi connectivity index (χ4v) is 1.79. The molecule has 0 spiro atoms.